The number of aliphatic hydroxyl groups excluding tert-OH is 1. The lowest BCUT2D eigenvalue weighted by Gasteiger charge is -2.26. The Balaban J connectivity index is 1.61. The van der Waals surface area contributed by atoms with Gasteiger partial charge in [-0.25, -0.2) is 0 Å². The third kappa shape index (κ3) is 2.06. The first-order valence-corrected chi connectivity index (χ1v) is 6.52. The molecule has 2 saturated carbocycles. The highest BCUT2D eigenvalue weighted by molar-refractivity contribution is 5.25. The molecule has 3 rings (SSSR count). The van der Waals surface area contributed by atoms with Gasteiger partial charge in [0.15, 0.2) is 0 Å². The Morgan fingerprint density at radius 2 is 2.35 bits per heavy atom. The number of fused-ring (bicyclic) bond motifs is 2. The van der Waals surface area contributed by atoms with Crippen molar-refractivity contribution >= 4 is 6.01 Å². The number of hydrogen-bond donors (Lipinski definition) is 1. The monoisotopic (exact) mass is 236 g/mol. The topological polar surface area (TPSA) is 49.5 Å². The summed E-state index contributed by atoms with van der Waals surface area (Å²) in [4.78, 5) is 6.33. The lowest BCUT2D eigenvalue weighted by Crippen LogP contribution is -2.28. The maximum Gasteiger partial charge on any atom is 0.297 e. The van der Waals surface area contributed by atoms with Gasteiger partial charge in [-0.05, 0) is 37.0 Å². The number of anilines is 1. The number of aromatic nitrogens is 1. The summed E-state index contributed by atoms with van der Waals surface area (Å²) in [5, 5.41) is 8.96. The fourth-order valence-electron chi connectivity index (χ4n) is 3.57. The van der Waals surface area contributed by atoms with E-state index in [1.165, 1.54) is 31.9 Å². The van der Waals surface area contributed by atoms with E-state index in [1.54, 1.807) is 0 Å². The van der Waals surface area contributed by atoms with Crippen LogP contribution in [0.2, 0.25) is 0 Å². The van der Waals surface area contributed by atoms with Crippen molar-refractivity contribution in [3.8, 4) is 0 Å². The maximum atomic E-state index is 8.96. The molecule has 1 aromatic heterocycles. The molecule has 0 aromatic carbocycles. The van der Waals surface area contributed by atoms with Crippen LogP contribution in [0.15, 0.2) is 10.7 Å². The van der Waals surface area contributed by atoms with Crippen LogP contribution >= 0.6 is 0 Å². The van der Waals surface area contributed by atoms with Crippen LogP contribution in [0.25, 0.3) is 0 Å². The lowest BCUT2D eigenvalue weighted by molar-refractivity contribution is 0.276. The van der Waals surface area contributed by atoms with E-state index in [0.717, 1.165) is 24.3 Å². The van der Waals surface area contributed by atoms with Crippen molar-refractivity contribution in [3.63, 3.8) is 0 Å². The van der Waals surface area contributed by atoms with Crippen molar-refractivity contribution in [2.24, 2.45) is 17.8 Å². The summed E-state index contributed by atoms with van der Waals surface area (Å²) < 4.78 is 5.36. The molecule has 4 nitrogen and oxygen atoms in total. The van der Waals surface area contributed by atoms with Crippen molar-refractivity contribution < 1.29 is 9.52 Å². The highest BCUT2D eigenvalue weighted by Gasteiger charge is 2.39. The zero-order valence-electron chi connectivity index (χ0n) is 10.3. The van der Waals surface area contributed by atoms with E-state index in [4.69, 9.17) is 9.52 Å². The highest BCUT2D eigenvalue weighted by Crippen LogP contribution is 2.48. The fraction of sp³-hybridized carbons (Fsp3) is 0.769. The average molecular weight is 236 g/mol. The van der Waals surface area contributed by atoms with Crippen LogP contribution in [0.4, 0.5) is 6.01 Å². The summed E-state index contributed by atoms with van der Waals surface area (Å²) in [6.45, 7) is 0.984. The molecule has 0 spiro atoms. The van der Waals surface area contributed by atoms with Crippen LogP contribution in [0.1, 0.15) is 31.4 Å². The van der Waals surface area contributed by atoms with Gasteiger partial charge in [0.1, 0.15) is 12.0 Å². The molecule has 1 aromatic rings. The van der Waals surface area contributed by atoms with E-state index >= 15 is 0 Å². The molecule has 2 aliphatic carbocycles. The number of hydrogen-bond acceptors (Lipinski definition) is 4. The van der Waals surface area contributed by atoms with Gasteiger partial charge in [0.25, 0.3) is 6.01 Å². The van der Waals surface area contributed by atoms with Gasteiger partial charge in [-0.2, -0.15) is 4.98 Å². The van der Waals surface area contributed by atoms with E-state index < -0.39 is 0 Å². The Kier molecular flexibility index (Phi) is 2.82. The van der Waals surface area contributed by atoms with E-state index in [-0.39, 0.29) is 6.61 Å². The van der Waals surface area contributed by atoms with Crippen molar-refractivity contribution in [2.45, 2.75) is 32.3 Å². The zero-order valence-corrected chi connectivity index (χ0v) is 10.3. The normalized spacial score (nSPS) is 31.1. The second kappa shape index (κ2) is 4.33. The summed E-state index contributed by atoms with van der Waals surface area (Å²) >= 11 is 0. The SMILES string of the molecule is CN(CC1CC2CCC1C2)c1nc(CO)co1. The predicted molar refractivity (Wildman–Crippen MR) is 64.6 cm³/mol. The first kappa shape index (κ1) is 11.1. The van der Waals surface area contributed by atoms with Gasteiger partial charge in [0.2, 0.25) is 0 Å². The van der Waals surface area contributed by atoms with Gasteiger partial charge < -0.3 is 14.4 Å². The smallest absolute Gasteiger partial charge is 0.297 e. The lowest BCUT2D eigenvalue weighted by atomic mass is 9.88. The largest absolute Gasteiger partial charge is 0.432 e. The fourth-order valence-corrected chi connectivity index (χ4v) is 3.57. The average Bonchev–Trinajstić information content (AvgIpc) is 3.04. The Bertz CT molecular complexity index is 391. The van der Waals surface area contributed by atoms with Crippen molar-refractivity contribution in [2.75, 3.05) is 18.5 Å². The van der Waals surface area contributed by atoms with Crippen LogP contribution in [0, 0.1) is 17.8 Å². The molecular weight excluding hydrogens is 216 g/mol. The Labute approximate surface area is 102 Å². The second-order valence-corrected chi connectivity index (χ2v) is 5.59. The quantitative estimate of drug-likeness (QED) is 0.869. The van der Waals surface area contributed by atoms with Gasteiger partial charge in [-0.1, -0.05) is 6.42 Å². The summed E-state index contributed by atoms with van der Waals surface area (Å²) in [6, 6.07) is 0.636. The minimum absolute atomic E-state index is 0.0501. The molecule has 4 heteroatoms. The van der Waals surface area contributed by atoms with E-state index in [1.807, 2.05) is 7.05 Å². The molecule has 2 aliphatic rings. The van der Waals surface area contributed by atoms with E-state index in [0.29, 0.717) is 11.7 Å². The summed E-state index contributed by atoms with van der Waals surface area (Å²) in [5.74, 6) is 2.72. The van der Waals surface area contributed by atoms with Crippen LogP contribution in [-0.2, 0) is 6.61 Å². The number of rotatable bonds is 4. The molecule has 0 amide bonds. The molecule has 17 heavy (non-hydrogen) atoms. The van der Waals surface area contributed by atoms with E-state index in [9.17, 15) is 0 Å². The molecule has 0 radical (unpaired) electrons. The first-order chi connectivity index (χ1) is 8.26. The van der Waals surface area contributed by atoms with Gasteiger partial charge in [-0.15, -0.1) is 0 Å². The van der Waals surface area contributed by atoms with Crippen LogP contribution in [0.3, 0.4) is 0 Å². The minimum Gasteiger partial charge on any atom is -0.432 e. The molecule has 2 bridgehead atoms. The second-order valence-electron chi connectivity index (χ2n) is 5.59. The molecule has 3 atom stereocenters. The Morgan fingerprint density at radius 3 is 2.94 bits per heavy atom. The van der Waals surface area contributed by atoms with Gasteiger partial charge in [0, 0.05) is 13.6 Å². The van der Waals surface area contributed by atoms with Crippen molar-refractivity contribution in [1.29, 1.82) is 0 Å². The molecule has 0 saturated heterocycles. The first-order valence-electron chi connectivity index (χ1n) is 6.52. The van der Waals surface area contributed by atoms with Crippen LogP contribution in [0.5, 0.6) is 0 Å². The predicted octanol–water partition coefficient (Wildman–Crippen LogP) is 2.04. The molecule has 1 N–H and O–H groups in total. The molecule has 3 unspecified atom stereocenters. The molecule has 0 aliphatic heterocycles. The zero-order chi connectivity index (χ0) is 11.8. The summed E-state index contributed by atoms with van der Waals surface area (Å²) in [7, 11) is 2.03. The molecule has 94 valence electrons. The number of nitrogens with zero attached hydrogens (tertiary/aromatic N) is 2. The Hall–Kier alpha value is -1.03. The van der Waals surface area contributed by atoms with E-state index in [2.05, 4.69) is 9.88 Å². The molecule has 2 fully saturated rings. The molecule has 1 heterocycles. The maximum absolute atomic E-state index is 8.96. The summed E-state index contributed by atoms with van der Waals surface area (Å²) in [6.07, 6.45) is 7.20. The van der Waals surface area contributed by atoms with Crippen LogP contribution < -0.4 is 4.90 Å². The van der Waals surface area contributed by atoms with Gasteiger partial charge >= 0.3 is 0 Å². The van der Waals surface area contributed by atoms with Crippen LogP contribution in [-0.4, -0.2) is 23.7 Å². The highest BCUT2D eigenvalue weighted by atomic mass is 16.4. The minimum atomic E-state index is -0.0501. The standard InChI is InChI=1S/C13H20N2O2/c1-15(13-14-12(7-16)8-17-13)6-11-5-9-2-3-10(11)4-9/h8-11,16H,2-7H2,1H3. The third-order valence-electron chi connectivity index (χ3n) is 4.42. The van der Waals surface area contributed by atoms with Crippen molar-refractivity contribution in [1.82, 2.24) is 4.98 Å². The van der Waals surface area contributed by atoms with Gasteiger partial charge in [-0.3, -0.25) is 0 Å². The van der Waals surface area contributed by atoms with Crippen molar-refractivity contribution in [3.05, 3.63) is 12.0 Å². The Morgan fingerprint density at radius 1 is 1.47 bits per heavy atom. The third-order valence-corrected chi connectivity index (χ3v) is 4.42. The number of aliphatic hydroxyl groups is 1. The number of oxazole rings is 1. The summed E-state index contributed by atoms with van der Waals surface area (Å²) in [5.41, 5.74) is 0.611. The van der Waals surface area contributed by atoms with Gasteiger partial charge in [0.05, 0.1) is 6.61 Å². The molecular formula is C13H20N2O2.